The van der Waals surface area contributed by atoms with Crippen LogP contribution in [-0.2, 0) is 19.1 Å². The molecule has 0 unspecified atom stereocenters. The second-order valence-corrected chi connectivity index (χ2v) is 11.0. The molecule has 0 saturated carbocycles. The number of benzene rings is 2. The van der Waals surface area contributed by atoms with Crippen molar-refractivity contribution in [1.29, 1.82) is 0 Å². The topological polar surface area (TPSA) is 98.3 Å². The van der Waals surface area contributed by atoms with Crippen molar-refractivity contribution in [1.82, 2.24) is 14.8 Å². The zero-order valence-corrected chi connectivity index (χ0v) is 24.2. The van der Waals surface area contributed by atoms with Gasteiger partial charge in [-0.1, -0.05) is 32.0 Å². The Morgan fingerprint density at radius 2 is 1.93 bits per heavy atom. The predicted octanol–water partition coefficient (Wildman–Crippen LogP) is 6.80. The van der Waals surface area contributed by atoms with E-state index in [4.69, 9.17) is 15.6 Å². The molecule has 8 nitrogen and oxygen atoms in total. The van der Waals surface area contributed by atoms with Crippen LogP contribution in [0.4, 0.5) is 33.9 Å². The van der Waals surface area contributed by atoms with Crippen LogP contribution in [0.15, 0.2) is 48.7 Å². The normalized spacial score (nSPS) is 13.3. The number of nitrogens with zero attached hydrogens (tertiary/aromatic N) is 4. The molecule has 0 atom stereocenters. The van der Waals surface area contributed by atoms with Crippen molar-refractivity contribution in [3.63, 3.8) is 0 Å². The first-order valence-corrected chi connectivity index (χ1v) is 13.8. The smallest absolute Gasteiger partial charge is 0.419 e. The average Bonchev–Trinajstić information content (AvgIpc) is 3.30. The van der Waals surface area contributed by atoms with Crippen molar-refractivity contribution in [2.45, 2.75) is 46.8 Å². The lowest BCUT2D eigenvalue weighted by Crippen LogP contribution is -2.32. The first-order chi connectivity index (χ1) is 20.3. The number of primary amides is 1. The van der Waals surface area contributed by atoms with Gasteiger partial charge >= 0.3 is 12.2 Å². The van der Waals surface area contributed by atoms with E-state index in [1.165, 1.54) is 18.3 Å². The Bertz CT molecular complexity index is 1680. The Hall–Kier alpha value is -4.61. The largest absolute Gasteiger partial charge is 0.491 e. The van der Waals surface area contributed by atoms with E-state index in [9.17, 15) is 18.0 Å². The number of hydrogen-bond donors (Lipinski definition) is 2. The molecule has 2 amide bonds. The van der Waals surface area contributed by atoms with Crippen LogP contribution in [0, 0.1) is 25.6 Å². The number of nitrogens with one attached hydrogen (secondary N) is 1. The van der Waals surface area contributed by atoms with Crippen molar-refractivity contribution >= 4 is 17.5 Å². The number of amides is 2. The quantitative estimate of drug-likeness (QED) is 0.229. The van der Waals surface area contributed by atoms with E-state index in [0.29, 0.717) is 52.5 Å². The number of carbonyl (C=O) groups excluding carboxylic acids is 1. The van der Waals surface area contributed by atoms with Crippen molar-refractivity contribution in [2.24, 2.45) is 11.7 Å². The lowest BCUT2D eigenvalue weighted by atomic mass is 9.99. The van der Waals surface area contributed by atoms with Crippen LogP contribution < -0.4 is 20.7 Å². The molecule has 3 heterocycles. The van der Waals surface area contributed by atoms with Crippen LogP contribution in [-0.4, -0.2) is 33.9 Å². The Morgan fingerprint density at radius 1 is 1.16 bits per heavy atom. The number of aryl methyl sites for hydroxylation is 2. The average molecular weight is 597 g/mol. The second-order valence-electron chi connectivity index (χ2n) is 11.0. The van der Waals surface area contributed by atoms with Gasteiger partial charge in [0.05, 0.1) is 29.2 Å². The first-order valence-electron chi connectivity index (χ1n) is 13.8. The van der Waals surface area contributed by atoms with Gasteiger partial charge in [0.25, 0.3) is 0 Å². The molecule has 0 fully saturated rings. The van der Waals surface area contributed by atoms with Gasteiger partial charge in [0.1, 0.15) is 23.1 Å². The van der Waals surface area contributed by atoms with Gasteiger partial charge in [-0.2, -0.15) is 18.3 Å². The van der Waals surface area contributed by atoms with Gasteiger partial charge in [-0.15, -0.1) is 0 Å². The van der Waals surface area contributed by atoms with Gasteiger partial charge in [0.2, 0.25) is 0 Å². The van der Waals surface area contributed by atoms with Gasteiger partial charge < -0.3 is 20.7 Å². The molecule has 226 valence electrons. The molecule has 43 heavy (non-hydrogen) atoms. The SMILES string of the molecule is Cc1cnc(N2CCc3nn(-c4c(C)cccc4OCC(C)C)c(-c4ccc(NC(N)=O)c(F)c4)c3C2)c(C(F)(F)F)c1. The minimum absolute atomic E-state index is 0.0563. The van der Waals surface area contributed by atoms with Crippen molar-refractivity contribution < 1.29 is 27.1 Å². The summed E-state index contributed by atoms with van der Waals surface area (Å²) >= 11 is 0. The zero-order valence-electron chi connectivity index (χ0n) is 24.2. The van der Waals surface area contributed by atoms with Crippen molar-refractivity contribution in [3.8, 4) is 22.7 Å². The molecule has 0 saturated heterocycles. The van der Waals surface area contributed by atoms with E-state index in [2.05, 4.69) is 10.3 Å². The summed E-state index contributed by atoms with van der Waals surface area (Å²) in [7, 11) is 0. The van der Waals surface area contributed by atoms with Crippen molar-refractivity contribution in [3.05, 3.63) is 82.4 Å². The number of hydrogen-bond acceptors (Lipinski definition) is 5. The number of urea groups is 1. The highest BCUT2D eigenvalue weighted by Gasteiger charge is 2.38. The standard InChI is InChI=1S/C31H32F4N6O2/c1-17(2)16-43-26-7-5-6-19(4)27(26)41-28(20-8-9-25(23(32)13-20)38-30(36)42)21-15-40(11-10-24(21)39-41)29-22(31(33,34)35)12-18(3)14-37-29/h5-9,12-14,17H,10-11,15-16H2,1-4H3,(H3,36,38,42). The summed E-state index contributed by atoms with van der Waals surface area (Å²) in [6, 6.07) is 10.0. The molecule has 0 radical (unpaired) electrons. The summed E-state index contributed by atoms with van der Waals surface area (Å²) in [5.41, 5.74) is 8.36. The van der Waals surface area contributed by atoms with E-state index in [1.54, 1.807) is 22.6 Å². The van der Waals surface area contributed by atoms with Gasteiger partial charge in [0.15, 0.2) is 0 Å². The number of aromatic nitrogens is 3. The van der Waals surface area contributed by atoms with Crippen LogP contribution in [0.3, 0.4) is 0 Å². The molecule has 0 bridgehead atoms. The van der Waals surface area contributed by atoms with Gasteiger partial charge in [0, 0.05) is 36.8 Å². The van der Waals surface area contributed by atoms with Gasteiger partial charge in [-0.3, -0.25) is 0 Å². The Balaban J connectivity index is 1.70. The number of carbonyl (C=O) groups is 1. The molecule has 2 aromatic carbocycles. The summed E-state index contributed by atoms with van der Waals surface area (Å²) in [6.07, 6.45) is -2.85. The molecular formula is C31H32F4N6O2. The maximum absolute atomic E-state index is 15.2. The number of halogens is 4. The minimum Gasteiger partial charge on any atom is -0.491 e. The molecule has 5 rings (SSSR count). The number of rotatable bonds is 7. The molecule has 0 aliphatic carbocycles. The fraction of sp³-hybridized carbons (Fsp3) is 0.323. The monoisotopic (exact) mass is 596 g/mol. The third-order valence-electron chi connectivity index (χ3n) is 7.13. The predicted molar refractivity (Wildman–Crippen MR) is 156 cm³/mol. The molecular weight excluding hydrogens is 564 g/mol. The van der Waals surface area contributed by atoms with Crippen LogP contribution in [0.5, 0.6) is 5.75 Å². The summed E-state index contributed by atoms with van der Waals surface area (Å²) in [4.78, 5) is 17.1. The number of fused-ring (bicyclic) bond motifs is 1. The lowest BCUT2D eigenvalue weighted by molar-refractivity contribution is -0.137. The van der Waals surface area contributed by atoms with Gasteiger partial charge in [-0.05, 0) is 55.2 Å². The number of alkyl halides is 3. The highest BCUT2D eigenvalue weighted by Crippen LogP contribution is 2.41. The third-order valence-corrected chi connectivity index (χ3v) is 7.13. The van der Waals surface area contributed by atoms with Crippen LogP contribution in [0.1, 0.15) is 41.8 Å². The molecule has 2 aromatic heterocycles. The Morgan fingerprint density at radius 3 is 2.60 bits per heavy atom. The number of pyridine rings is 1. The van der Waals surface area contributed by atoms with E-state index in [0.717, 1.165) is 11.6 Å². The summed E-state index contributed by atoms with van der Waals surface area (Å²) in [6.45, 7) is 8.28. The highest BCUT2D eigenvalue weighted by molar-refractivity contribution is 5.88. The summed E-state index contributed by atoms with van der Waals surface area (Å²) in [5, 5.41) is 7.17. The lowest BCUT2D eigenvalue weighted by Gasteiger charge is -2.30. The summed E-state index contributed by atoms with van der Waals surface area (Å²) < 4.78 is 65.3. The van der Waals surface area contributed by atoms with E-state index in [-0.39, 0.29) is 30.5 Å². The van der Waals surface area contributed by atoms with E-state index in [1.807, 2.05) is 39.0 Å². The Kier molecular flexibility index (Phi) is 8.04. The molecule has 1 aliphatic heterocycles. The fourth-order valence-electron chi connectivity index (χ4n) is 5.21. The number of ether oxygens (including phenoxy) is 1. The maximum Gasteiger partial charge on any atom is 0.419 e. The molecule has 12 heteroatoms. The minimum atomic E-state index is -4.60. The third kappa shape index (κ3) is 6.13. The molecule has 0 spiro atoms. The van der Waals surface area contributed by atoms with Gasteiger partial charge in [-0.25, -0.2) is 18.9 Å². The fourth-order valence-corrected chi connectivity index (χ4v) is 5.21. The van der Waals surface area contributed by atoms with Crippen LogP contribution in [0.2, 0.25) is 0 Å². The second kappa shape index (κ2) is 11.6. The number of anilines is 2. The first kappa shape index (κ1) is 29.9. The zero-order chi connectivity index (χ0) is 31.1. The van der Waals surface area contributed by atoms with Crippen LogP contribution >= 0.6 is 0 Å². The van der Waals surface area contributed by atoms with Crippen LogP contribution in [0.25, 0.3) is 16.9 Å². The van der Waals surface area contributed by atoms with E-state index >= 15 is 4.39 Å². The van der Waals surface area contributed by atoms with E-state index < -0.39 is 23.6 Å². The highest BCUT2D eigenvalue weighted by atomic mass is 19.4. The molecule has 3 N–H and O–H groups in total. The molecule has 4 aromatic rings. The van der Waals surface area contributed by atoms with Crippen molar-refractivity contribution in [2.75, 3.05) is 23.4 Å². The maximum atomic E-state index is 15.2. The Labute approximate surface area is 246 Å². The summed E-state index contributed by atoms with van der Waals surface area (Å²) in [5.74, 6) is -0.0901. The number of para-hydroxylation sites is 1. The molecule has 1 aliphatic rings. The number of nitrogens with two attached hydrogens (primary N) is 1.